The van der Waals surface area contributed by atoms with Gasteiger partial charge in [0.2, 0.25) is 17.1 Å². The van der Waals surface area contributed by atoms with Crippen molar-refractivity contribution in [1.29, 1.82) is 0 Å². The third-order valence-electron chi connectivity index (χ3n) is 5.50. The number of ether oxygens (including phenoxy) is 1. The molecule has 178 valence electrons. The van der Waals surface area contributed by atoms with Gasteiger partial charge in [0.1, 0.15) is 22.5 Å². The van der Waals surface area contributed by atoms with E-state index < -0.39 is 11.3 Å². The second-order valence-electron chi connectivity index (χ2n) is 8.56. The van der Waals surface area contributed by atoms with Crippen molar-refractivity contribution >= 4 is 16.9 Å². The quantitative estimate of drug-likeness (QED) is 0.424. The molecule has 34 heavy (non-hydrogen) atoms. The van der Waals surface area contributed by atoms with Gasteiger partial charge in [-0.2, -0.15) is 0 Å². The average molecular weight is 464 g/mol. The lowest BCUT2D eigenvalue weighted by Crippen LogP contribution is -2.11. The van der Waals surface area contributed by atoms with Gasteiger partial charge >= 0.3 is 0 Å². The van der Waals surface area contributed by atoms with Crippen LogP contribution in [0.25, 0.3) is 22.3 Å². The zero-order valence-electron chi connectivity index (χ0n) is 20.0. The summed E-state index contributed by atoms with van der Waals surface area (Å²) < 4.78 is 11.5. The van der Waals surface area contributed by atoms with Gasteiger partial charge in [-0.15, -0.1) is 0 Å². The van der Waals surface area contributed by atoms with Gasteiger partial charge in [-0.1, -0.05) is 35.4 Å². The molecule has 0 spiro atoms. The molecular formula is C27H29NO6. The Balaban J connectivity index is 2.42. The van der Waals surface area contributed by atoms with Gasteiger partial charge in [-0.25, -0.2) is 0 Å². The number of phenolic OH excluding ortho intramolecular Hbond substituents is 2. The fourth-order valence-electron chi connectivity index (χ4n) is 3.66. The van der Waals surface area contributed by atoms with E-state index in [2.05, 4.69) is 0 Å². The summed E-state index contributed by atoms with van der Waals surface area (Å²) >= 11 is 0. The highest BCUT2D eigenvalue weighted by molar-refractivity contribution is 5.94. The molecule has 1 amide bonds. The van der Waals surface area contributed by atoms with Crippen molar-refractivity contribution in [3.63, 3.8) is 0 Å². The lowest BCUT2D eigenvalue weighted by Gasteiger charge is -2.16. The number of allylic oxidation sites excluding steroid dienone is 4. The van der Waals surface area contributed by atoms with E-state index in [1.807, 2.05) is 39.8 Å². The Kier molecular flexibility index (Phi) is 7.15. The lowest BCUT2D eigenvalue weighted by molar-refractivity contribution is 0.100. The van der Waals surface area contributed by atoms with Crippen molar-refractivity contribution in [3.8, 4) is 28.6 Å². The molecule has 0 aliphatic carbocycles. The maximum Gasteiger partial charge on any atom is 0.248 e. The molecule has 0 fully saturated rings. The number of hydrogen-bond donors (Lipinski definition) is 3. The summed E-state index contributed by atoms with van der Waals surface area (Å²) in [6, 6.07) is 6.21. The zero-order chi connectivity index (χ0) is 25.2. The van der Waals surface area contributed by atoms with E-state index in [-0.39, 0.29) is 46.0 Å². The summed E-state index contributed by atoms with van der Waals surface area (Å²) in [6.45, 7) is 7.67. The van der Waals surface area contributed by atoms with Crippen LogP contribution < -0.4 is 15.9 Å². The van der Waals surface area contributed by atoms with E-state index >= 15 is 0 Å². The number of rotatable bonds is 7. The summed E-state index contributed by atoms with van der Waals surface area (Å²) in [4.78, 5) is 24.9. The molecule has 2 aromatic carbocycles. The molecule has 0 saturated heterocycles. The summed E-state index contributed by atoms with van der Waals surface area (Å²) in [6.07, 6.45) is 4.30. The van der Waals surface area contributed by atoms with Gasteiger partial charge in [0.05, 0.1) is 7.11 Å². The Morgan fingerprint density at radius 3 is 2.03 bits per heavy atom. The van der Waals surface area contributed by atoms with E-state index in [0.717, 1.165) is 11.1 Å². The summed E-state index contributed by atoms with van der Waals surface area (Å²) in [7, 11) is 1.34. The van der Waals surface area contributed by atoms with E-state index in [9.17, 15) is 19.8 Å². The van der Waals surface area contributed by atoms with Crippen molar-refractivity contribution < 1.29 is 24.2 Å². The smallest absolute Gasteiger partial charge is 0.248 e. The molecule has 7 nitrogen and oxygen atoms in total. The highest BCUT2D eigenvalue weighted by Gasteiger charge is 2.26. The topological polar surface area (TPSA) is 123 Å². The number of fused-ring (bicyclic) bond motifs is 1. The minimum absolute atomic E-state index is 0.0542. The lowest BCUT2D eigenvalue weighted by atomic mass is 9.96. The summed E-state index contributed by atoms with van der Waals surface area (Å²) in [5.41, 5.74) is 8.27. The molecule has 1 heterocycles. The first-order chi connectivity index (χ1) is 16.1. The van der Waals surface area contributed by atoms with Crippen molar-refractivity contribution in [1.82, 2.24) is 0 Å². The Hall–Kier alpha value is -4.00. The molecule has 0 aliphatic rings. The van der Waals surface area contributed by atoms with Crippen LogP contribution in [0.3, 0.4) is 0 Å². The van der Waals surface area contributed by atoms with Gasteiger partial charge in [0.25, 0.3) is 0 Å². The number of amides is 1. The van der Waals surface area contributed by atoms with E-state index in [4.69, 9.17) is 14.9 Å². The normalized spacial score (nSPS) is 10.7. The van der Waals surface area contributed by atoms with E-state index in [0.29, 0.717) is 23.1 Å². The molecule has 0 bridgehead atoms. The minimum Gasteiger partial charge on any atom is -0.507 e. The zero-order valence-corrected chi connectivity index (χ0v) is 20.0. The van der Waals surface area contributed by atoms with Crippen LogP contribution in [0, 0.1) is 0 Å². The monoisotopic (exact) mass is 463 g/mol. The summed E-state index contributed by atoms with van der Waals surface area (Å²) in [5, 5.41) is 22.1. The summed E-state index contributed by atoms with van der Waals surface area (Å²) in [5.74, 6) is -1.02. The maximum absolute atomic E-state index is 13.5. The molecule has 7 heteroatoms. The van der Waals surface area contributed by atoms with Crippen molar-refractivity contribution in [3.05, 3.63) is 74.5 Å². The molecule has 0 atom stereocenters. The van der Waals surface area contributed by atoms with Crippen LogP contribution >= 0.6 is 0 Å². The highest BCUT2D eigenvalue weighted by Crippen LogP contribution is 2.42. The van der Waals surface area contributed by atoms with Crippen molar-refractivity contribution in [2.24, 2.45) is 5.73 Å². The molecule has 3 rings (SSSR count). The fraction of sp³-hybridized carbons (Fsp3) is 0.259. The average Bonchev–Trinajstić information content (AvgIpc) is 2.78. The largest absolute Gasteiger partial charge is 0.507 e. The van der Waals surface area contributed by atoms with Gasteiger partial charge in [0, 0.05) is 22.3 Å². The third kappa shape index (κ3) is 4.69. The number of carbonyl (C=O) groups is 1. The first-order valence-electron chi connectivity index (χ1n) is 10.8. The van der Waals surface area contributed by atoms with Crippen molar-refractivity contribution in [2.75, 3.05) is 7.11 Å². The van der Waals surface area contributed by atoms with Gasteiger partial charge < -0.3 is 25.1 Å². The Morgan fingerprint density at radius 2 is 1.53 bits per heavy atom. The Bertz CT molecular complexity index is 1370. The van der Waals surface area contributed by atoms with Crippen LogP contribution in [0.15, 0.2) is 56.8 Å². The van der Waals surface area contributed by atoms with Crippen LogP contribution in [0.4, 0.5) is 0 Å². The molecule has 0 aliphatic heterocycles. The molecule has 0 radical (unpaired) electrons. The molecule has 3 aromatic rings. The number of nitrogens with two attached hydrogens (primary N) is 1. The maximum atomic E-state index is 13.5. The molecule has 4 N–H and O–H groups in total. The molecule has 1 aromatic heterocycles. The first kappa shape index (κ1) is 24.6. The number of hydrogen-bond acceptors (Lipinski definition) is 6. The number of methoxy groups -OCH3 is 1. The number of carbonyl (C=O) groups excluding carboxylic acids is 1. The number of primary amides is 1. The van der Waals surface area contributed by atoms with Crippen LogP contribution in [0.2, 0.25) is 0 Å². The van der Waals surface area contributed by atoms with Crippen LogP contribution in [-0.2, 0) is 12.8 Å². The highest BCUT2D eigenvalue weighted by atomic mass is 16.5. The SMILES string of the molecule is COc1c(-c2ccc(C(N)=O)cc2)oc2c(CC=C(C)C)c(O)c(CC=C(C)C)c(O)c2c1=O. The predicted octanol–water partition coefficient (Wildman–Crippen LogP) is 5.00. The number of aromatic hydroxyl groups is 2. The third-order valence-corrected chi connectivity index (χ3v) is 5.50. The standard InChI is InChI=1S/C27H29NO6/c1-14(2)6-12-18-21(29)19(13-7-15(3)4)25-20(22(18)30)23(31)26(33-5)24(34-25)16-8-10-17(11-9-16)27(28)32/h6-11,29-30H,12-13H2,1-5H3,(H2,28,32). The van der Waals surface area contributed by atoms with Crippen LogP contribution in [0.1, 0.15) is 49.2 Å². The number of phenols is 2. The van der Waals surface area contributed by atoms with Crippen molar-refractivity contribution in [2.45, 2.75) is 40.5 Å². The van der Waals surface area contributed by atoms with Gasteiger partial charge in [0.15, 0.2) is 5.76 Å². The fourth-order valence-corrected chi connectivity index (χ4v) is 3.66. The minimum atomic E-state index is -0.582. The first-order valence-corrected chi connectivity index (χ1v) is 10.8. The Labute approximate surface area is 197 Å². The van der Waals surface area contributed by atoms with E-state index in [1.165, 1.54) is 19.2 Å². The Morgan fingerprint density at radius 1 is 0.971 bits per heavy atom. The predicted molar refractivity (Wildman–Crippen MR) is 133 cm³/mol. The number of benzene rings is 2. The molecule has 0 saturated carbocycles. The second kappa shape index (κ2) is 9.87. The van der Waals surface area contributed by atoms with E-state index in [1.54, 1.807) is 12.1 Å². The van der Waals surface area contributed by atoms with Crippen LogP contribution in [0.5, 0.6) is 17.2 Å². The molecular weight excluding hydrogens is 434 g/mol. The van der Waals surface area contributed by atoms with Gasteiger partial charge in [-0.05, 0) is 52.7 Å². The molecule has 0 unspecified atom stereocenters. The second-order valence-corrected chi connectivity index (χ2v) is 8.56. The van der Waals surface area contributed by atoms with Crippen LogP contribution in [-0.4, -0.2) is 23.2 Å². The van der Waals surface area contributed by atoms with Gasteiger partial charge in [-0.3, -0.25) is 9.59 Å².